The van der Waals surface area contributed by atoms with Crippen LogP contribution in [0.4, 0.5) is 9.59 Å². The molecule has 0 aliphatic carbocycles. The van der Waals surface area contributed by atoms with Crippen LogP contribution in [0.2, 0.25) is 0 Å². The number of para-hydroxylation sites is 2. The first-order valence-electron chi connectivity index (χ1n) is 13.6. The van der Waals surface area contributed by atoms with Gasteiger partial charge in [0.25, 0.3) is 0 Å². The number of sulfone groups is 1. The third kappa shape index (κ3) is 5.33. The van der Waals surface area contributed by atoms with Crippen LogP contribution in [-0.4, -0.2) is 95.3 Å². The third-order valence-corrected chi connectivity index (χ3v) is 9.71. The largest absolute Gasteiger partial charge is 0.449 e. The lowest BCUT2D eigenvalue weighted by molar-refractivity contribution is 0.0851. The smallest absolute Gasteiger partial charge is 0.409 e. The summed E-state index contributed by atoms with van der Waals surface area (Å²) in [6, 6.07) is 7.64. The summed E-state index contributed by atoms with van der Waals surface area (Å²) in [7, 11) is -3.04. The van der Waals surface area contributed by atoms with Crippen molar-refractivity contribution in [3.8, 4) is 0 Å². The summed E-state index contributed by atoms with van der Waals surface area (Å²) in [5, 5.41) is 3.13. The zero-order chi connectivity index (χ0) is 27.0. The number of nitrogens with one attached hydrogen (secondary N) is 1. The Hall–Kier alpha value is -2.86. The first-order chi connectivity index (χ1) is 18.1. The Kier molecular flexibility index (Phi) is 7.54. The number of benzene rings is 1. The molecule has 38 heavy (non-hydrogen) atoms. The maximum absolute atomic E-state index is 13.3. The number of amides is 2. The number of nitrogens with zero attached hydrogens (tertiary/aromatic N) is 4. The maximum Gasteiger partial charge on any atom is 0.409 e. The van der Waals surface area contributed by atoms with Gasteiger partial charge < -0.3 is 15.0 Å². The van der Waals surface area contributed by atoms with Gasteiger partial charge in [0.15, 0.2) is 9.84 Å². The third-order valence-electron chi connectivity index (χ3n) is 8.10. The van der Waals surface area contributed by atoms with Crippen LogP contribution in [0.5, 0.6) is 0 Å². The summed E-state index contributed by atoms with van der Waals surface area (Å²) in [6.45, 7) is 5.35. The van der Waals surface area contributed by atoms with Crippen LogP contribution < -0.4 is 11.0 Å². The van der Waals surface area contributed by atoms with Gasteiger partial charge in [0.1, 0.15) is 0 Å². The second kappa shape index (κ2) is 10.7. The molecule has 12 heteroatoms. The van der Waals surface area contributed by atoms with Crippen LogP contribution in [0, 0.1) is 0 Å². The zero-order valence-corrected chi connectivity index (χ0v) is 22.9. The fraction of sp³-hybridized carbons (Fsp3) is 0.654. The van der Waals surface area contributed by atoms with E-state index in [-0.39, 0.29) is 48.4 Å². The van der Waals surface area contributed by atoms with Gasteiger partial charge in [0, 0.05) is 43.8 Å². The van der Waals surface area contributed by atoms with Crippen molar-refractivity contribution in [2.24, 2.45) is 0 Å². The van der Waals surface area contributed by atoms with Crippen LogP contribution in [0.25, 0.3) is 11.0 Å². The minimum Gasteiger partial charge on any atom is -0.449 e. The Morgan fingerprint density at radius 1 is 1.05 bits per heavy atom. The highest BCUT2D eigenvalue weighted by molar-refractivity contribution is 7.91. The predicted octanol–water partition coefficient (Wildman–Crippen LogP) is 2.19. The van der Waals surface area contributed by atoms with Crippen LogP contribution >= 0.6 is 0 Å². The molecule has 3 aliphatic heterocycles. The van der Waals surface area contributed by atoms with E-state index in [1.807, 2.05) is 38.1 Å². The second-order valence-corrected chi connectivity index (χ2v) is 13.2. The number of imidazole rings is 1. The molecule has 1 unspecified atom stereocenters. The van der Waals surface area contributed by atoms with Gasteiger partial charge in [-0.3, -0.25) is 9.47 Å². The van der Waals surface area contributed by atoms with Crippen molar-refractivity contribution in [2.75, 3.05) is 37.7 Å². The molecule has 3 atom stereocenters. The molecular formula is C26H37N5O6S. The normalized spacial score (nSPS) is 25.1. The Bertz CT molecular complexity index is 1340. The Labute approximate surface area is 222 Å². The van der Waals surface area contributed by atoms with Crippen molar-refractivity contribution < 1.29 is 22.7 Å². The van der Waals surface area contributed by atoms with E-state index in [1.54, 1.807) is 4.57 Å². The summed E-state index contributed by atoms with van der Waals surface area (Å²) in [4.78, 5) is 42.6. The summed E-state index contributed by atoms with van der Waals surface area (Å²) in [5.41, 5.74) is 1.05. The fourth-order valence-corrected chi connectivity index (χ4v) is 7.46. The van der Waals surface area contributed by atoms with E-state index < -0.39 is 15.9 Å². The van der Waals surface area contributed by atoms with Crippen molar-refractivity contribution in [1.82, 2.24) is 24.3 Å². The summed E-state index contributed by atoms with van der Waals surface area (Å²) in [5.74, 6) is -0.0171. The molecule has 1 N–H and O–H groups in total. The number of hydrogen-bond acceptors (Lipinski definition) is 7. The number of fused-ring (bicyclic) bond motifs is 3. The summed E-state index contributed by atoms with van der Waals surface area (Å²) >= 11 is 0. The van der Waals surface area contributed by atoms with Crippen molar-refractivity contribution in [2.45, 2.75) is 70.1 Å². The molecule has 208 valence electrons. The van der Waals surface area contributed by atoms with E-state index in [2.05, 4.69) is 10.2 Å². The number of ether oxygens (including phenoxy) is 1. The lowest BCUT2D eigenvalue weighted by Crippen LogP contribution is -2.52. The fourth-order valence-electron chi connectivity index (χ4n) is 6.26. The molecule has 2 bridgehead atoms. The van der Waals surface area contributed by atoms with E-state index in [1.165, 1.54) is 9.47 Å². The van der Waals surface area contributed by atoms with Gasteiger partial charge in [-0.2, -0.15) is 0 Å². The van der Waals surface area contributed by atoms with Crippen molar-refractivity contribution in [3.05, 3.63) is 34.7 Å². The van der Waals surface area contributed by atoms with E-state index in [9.17, 15) is 22.8 Å². The number of hydrogen-bond donors (Lipinski definition) is 1. The van der Waals surface area contributed by atoms with Gasteiger partial charge in [0.2, 0.25) is 0 Å². The highest BCUT2D eigenvalue weighted by Gasteiger charge is 2.41. The zero-order valence-electron chi connectivity index (χ0n) is 22.0. The Morgan fingerprint density at radius 3 is 2.32 bits per heavy atom. The number of carbonyl (C=O) groups excluding carboxylic acids is 2. The average Bonchev–Trinajstić information content (AvgIpc) is 3.29. The Balaban J connectivity index is 1.13. The van der Waals surface area contributed by atoms with E-state index in [0.717, 1.165) is 37.7 Å². The predicted molar refractivity (Wildman–Crippen MR) is 143 cm³/mol. The molecule has 2 amide bonds. The van der Waals surface area contributed by atoms with Gasteiger partial charge in [-0.15, -0.1) is 0 Å². The minimum absolute atomic E-state index is 0.00230. The second-order valence-electron chi connectivity index (χ2n) is 10.9. The van der Waals surface area contributed by atoms with Crippen molar-refractivity contribution in [1.29, 1.82) is 0 Å². The Morgan fingerprint density at radius 2 is 1.68 bits per heavy atom. The van der Waals surface area contributed by atoms with Gasteiger partial charge >= 0.3 is 17.8 Å². The van der Waals surface area contributed by atoms with Crippen LogP contribution in [0.15, 0.2) is 29.1 Å². The van der Waals surface area contributed by atoms with Gasteiger partial charge in [-0.1, -0.05) is 12.1 Å². The number of carbonyl (C=O) groups is 2. The van der Waals surface area contributed by atoms with E-state index >= 15 is 0 Å². The quantitative estimate of drug-likeness (QED) is 0.550. The van der Waals surface area contributed by atoms with E-state index in [0.29, 0.717) is 30.6 Å². The van der Waals surface area contributed by atoms with E-state index in [4.69, 9.17) is 4.74 Å². The lowest BCUT2D eigenvalue weighted by atomic mass is 9.97. The molecule has 2 aromatic rings. The molecule has 3 aliphatic rings. The molecule has 11 nitrogen and oxygen atoms in total. The summed E-state index contributed by atoms with van der Waals surface area (Å²) < 4.78 is 31.4. The molecule has 0 saturated carbocycles. The van der Waals surface area contributed by atoms with Gasteiger partial charge in [0.05, 0.1) is 29.1 Å². The molecule has 0 radical (unpaired) electrons. The van der Waals surface area contributed by atoms with Gasteiger partial charge in [-0.25, -0.2) is 27.4 Å². The molecule has 4 heterocycles. The molecule has 3 saturated heterocycles. The number of aromatic nitrogens is 2. The first kappa shape index (κ1) is 26.7. The molecule has 5 rings (SSSR count). The highest BCUT2D eigenvalue weighted by Crippen LogP contribution is 2.35. The maximum atomic E-state index is 13.3. The standard InChI is InChI=1S/C26H37N5O6S/c1-18(2)30-22-6-3-4-7-23(22)31(25(30)33)24(32)27-19-16-20-8-9-21(17-19)29(20)10-5-13-37-26(34)28-11-14-38(35,36)15-12-28/h3-4,6-7,18-21H,5,8-17H2,1-2H3,(H,27,32)/t19-,20-,21?/m0/s1. The van der Waals surface area contributed by atoms with Crippen LogP contribution in [-0.2, 0) is 14.6 Å². The van der Waals surface area contributed by atoms with Crippen molar-refractivity contribution >= 4 is 33.0 Å². The van der Waals surface area contributed by atoms with Crippen LogP contribution in [0.1, 0.15) is 52.0 Å². The van der Waals surface area contributed by atoms with Gasteiger partial charge in [-0.05, 0) is 58.1 Å². The van der Waals surface area contributed by atoms with Crippen LogP contribution in [0.3, 0.4) is 0 Å². The highest BCUT2D eigenvalue weighted by atomic mass is 32.2. The molecule has 1 aromatic carbocycles. The average molecular weight is 548 g/mol. The monoisotopic (exact) mass is 547 g/mol. The summed E-state index contributed by atoms with van der Waals surface area (Å²) in [6.07, 6.45) is 4.02. The lowest BCUT2D eigenvalue weighted by Gasteiger charge is -2.39. The SMILES string of the molecule is CC(C)n1c(=O)n(C(=O)N[C@@H]2CC3CC[C@@H](C2)N3CCCOC(=O)N2CCS(=O)(=O)CC2)c2ccccc21. The molecule has 1 aromatic heterocycles. The first-order valence-corrected chi connectivity index (χ1v) is 15.4. The molecule has 0 spiro atoms. The molecule has 3 fully saturated rings. The van der Waals surface area contributed by atoms with Crippen molar-refractivity contribution in [3.63, 3.8) is 0 Å². The molecular weight excluding hydrogens is 510 g/mol. The minimum atomic E-state index is -3.04. The number of rotatable bonds is 6. The number of piperidine rings is 1. The topological polar surface area (TPSA) is 123 Å².